The van der Waals surface area contributed by atoms with Crippen molar-refractivity contribution < 1.29 is 33.4 Å². The molecule has 2 saturated heterocycles. The first-order valence-corrected chi connectivity index (χ1v) is 18.7. The van der Waals surface area contributed by atoms with Crippen LogP contribution in [-0.4, -0.2) is 106 Å². The number of nitrogens with zero attached hydrogens (tertiary/aromatic N) is 4. The molecule has 2 aromatic heterocycles. The van der Waals surface area contributed by atoms with E-state index >= 15 is 0 Å². The van der Waals surface area contributed by atoms with Gasteiger partial charge in [0.05, 0.1) is 57.3 Å². The topological polar surface area (TPSA) is 184 Å². The van der Waals surface area contributed by atoms with E-state index in [0.717, 1.165) is 46.5 Å². The maximum atomic E-state index is 13.6. The maximum Gasteiger partial charge on any atom is 0.407 e. The van der Waals surface area contributed by atoms with Gasteiger partial charge < -0.3 is 44.6 Å². The number of carbonyl (C=O) groups excluding carboxylic acids is 4. The number of ether oxygens (including phenoxy) is 3. The Hall–Kier alpha value is -5.70. The summed E-state index contributed by atoms with van der Waals surface area (Å²) in [6, 6.07) is 14.3. The van der Waals surface area contributed by atoms with Crippen molar-refractivity contribution in [2.24, 2.45) is 11.8 Å². The van der Waals surface area contributed by atoms with Gasteiger partial charge in [-0.25, -0.2) is 19.6 Å². The van der Waals surface area contributed by atoms with Gasteiger partial charge in [0.25, 0.3) is 0 Å². The van der Waals surface area contributed by atoms with Gasteiger partial charge in [-0.3, -0.25) is 9.59 Å². The number of hydrogen-bond donors (Lipinski definition) is 4. The second-order valence-corrected chi connectivity index (χ2v) is 14.5. The van der Waals surface area contributed by atoms with Crippen LogP contribution in [0.15, 0.2) is 60.9 Å². The lowest BCUT2D eigenvalue weighted by Crippen LogP contribution is -2.54. The largest absolute Gasteiger partial charge is 0.453 e. The number of benzene rings is 2. The Morgan fingerprint density at radius 1 is 0.691 bits per heavy atom. The lowest BCUT2D eigenvalue weighted by molar-refractivity contribution is -0.143. The lowest BCUT2D eigenvalue weighted by atomic mass is 10.0. The van der Waals surface area contributed by atoms with Crippen molar-refractivity contribution in [2.45, 2.75) is 64.7 Å². The Labute approximate surface area is 320 Å². The van der Waals surface area contributed by atoms with Crippen molar-refractivity contribution in [1.29, 1.82) is 0 Å². The van der Waals surface area contributed by atoms with Crippen molar-refractivity contribution in [2.75, 3.05) is 40.5 Å². The number of nitrogens with one attached hydrogen (secondary N) is 4. The molecule has 4 N–H and O–H groups in total. The summed E-state index contributed by atoms with van der Waals surface area (Å²) in [6.45, 7) is 9.18. The third kappa shape index (κ3) is 8.67. The van der Waals surface area contributed by atoms with Crippen molar-refractivity contribution in [3.8, 4) is 33.6 Å². The van der Waals surface area contributed by atoms with E-state index < -0.39 is 30.3 Å². The fourth-order valence-corrected chi connectivity index (χ4v) is 7.15. The highest BCUT2D eigenvalue weighted by atomic mass is 16.5. The van der Waals surface area contributed by atoms with Crippen LogP contribution in [0.4, 0.5) is 9.59 Å². The Kier molecular flexibility index (Phi) is 12.2. The fraction of sp³-hybridized carbons (Fsp3) is 0.450. The standard InChI is InChI=1S/C40H50N8O7/c1-23(2)33(45-39(51)53-5)37(49)47-17-7-8-31(47)35-41-20-29(43-35)27-13-9-25(10-14-27)26-11-15-28(16-12-26)30-21-42-36(44-30)32-22-55-19-18-48(32)38(50)34(24(3)4)46-40(52)54-6/h9-16,20-21,23-24,31-34H,7-8,17-19,22H2,1-6H3,(H,41,43)(H,42,44)(H,45,51)(H,46,52)/t31-,32-,33-,34-/m0/s1. The SMILES string of the molecule is COC(=O)N[C@H](C(=O)N1CCC[C@H]1c1ncc(-c2ccc(-c3ccc(-c4cnc([C@@H]5COCCN5C(=O)[C@@H](NC(=O)OC)C(C)C)[nH]4)cc3)cc2)[nH]1)C(C)C. The molecular weight excluding hydrogens is 704 g/mol. The first-order valence-electron chi connectivity index (χ1n) is 18.7. The molecule has 2 aliphatic heterocycles. The Morgan fingerprint density at radius 3 is 1.58 bits per heavy atom. The molecule has 15 nitrogen and oxygen atoms in total. The monoisotopic (exact) mass is 754 g/mol. The van der Waals surface area contributed by atoms with Crippen LogP contribution in [0.1, 0.15) is 64.3 Å². The summed E-state index contributed by atoms with van der Waals surface area (Å²) in [5.41, 5.74) is 5.64. The molecule has 4 heterocycles. The zero-order valence-electron chi connectivity index (χ0n) is 32.1. The molecule has 0 saturated carbocycles. The van der Waals surface area contributed by atoms with E-state index in [-0.39, 0.29) is 36.3 Å². The van der Waals surface area contributed by atoms with Gasteiger partial charge in [0.2, 0.25) is 11.8 Å². The average molecular weight is 755 g/mol. The van der Waals surface area contributed by atoms with E-state index in [2.05, 4.69) is 54.8 Å². The van der Waals surface area contributed by atoms with Gasteiger partial charge in [-0.1, -0.05) is 76.2 Å². The zero-order valence-corrected chi connectivity index (χ0v) is 32.1. The molecule has 0 aliphatic carbocycles. The van der Waals surface area contributed by atoms with Gasteiger partial charge in [-0.15, -0.1) is 0 Å². The van der Waals surface area contributed by atoms with Crippen LogP contribution in [0.25, 0.3) is 33.6 Å². The van der Waals surface area contributed by atoms with Gasteiger partial charge in [0.1, 0.15) is 29.8 Å². The highest BCUT2D eigenvalue weighted by Gasteiger charge is 2.38. The molecule has 2 fully saturated rings. The summed E-state index contributed by atoms with van der Waals surface area (Å²) in [4.78, 5) is 70.7. The molecule has 292 valence electrons. The molecule has 4 aromatic rings. The van der Waals surface area contributed by atoms with Gasteiger partial charge in [-0.05, 0) is 46.9 Å². The van der Waals surface area contributed by atoms with Crippen LogP contribution in [0.3, 0.4) is 0 Å². The third-order valence-corrected chi connectivity index (χ3v) is 10.3. The van der Waals surface area contributed by atoms with Crippen molar-refractivity contribution >= 4 is 24.0 Å². The van der Waals surface area contributed by atoms with Crippen LogP contribution in [0, 0.1) is 11.8 Å². The molecule has 0 radical (unpaired) electrons. The molecule has 4 amide bonds. The predicted octanol–water partition coefficient (Wildman–Crippen LogP) is 5.46. The number of imidazole rings is 2. The van der Waals surface area contributed by atoms with E-state index in [1.807, 2.05) is 52.0 Å². The number of carbonyl (C=O) groups is 4. The lowest BCUT2D eigenvalue weighted by Gasteiger charge is -2.37. The molecule has 55 heavy (non-hydrogen) atoms. The van der Waals surface area contributed by atoms with Crippen molar-refractivity contribution in [1.82, 2.24) is 40.4 Å². The highest BCUT2D eigenvalue weighted by molar-refractivity contribution is 5.87. The van der Waals surface area contributed by atoms with Crippen LogP contribution >= 0.6 is 0 Å². The van der Waals surface area contributed by atoms with Crippen molar-refractivity contribution in [3.05, 3.63) is 72.6 Å². The molecule has 15 heteroatoms. The number of rotatable bonds is 11. The van der Waals surface area contributed by atoms with Crippen molar-refractivity contribution in [3.63, 3.8) is 0 Å². The fourth-order valence-electron chi connectivity index (χ4n) is 7.15. The summed E-state index contributed by atoms with van der Waals surface area (Å²) < 4.78 is 15.2. The van der Waals surface area contributed by atoms with Gasteiger partial charge in [0, 0.05) is 13.1 Å². The number of morpholine rings is 1. The predicted molar refractivity (Wildman–Crippen MR) is 204 cm³/mol. The third-order valence-electron chi connectivity index (χ3n) is 10.3. The molecule has 0 unspecified atom stereocenters. The number of H-pyrrole nitrogens is 2. The Morgan fingerprint density at radius 2 is 1.13 bits per heavy atom. The highest BCUT2D eigenvalue weighted by Crippen LogP contribution is 2.34. The normalized spacial score (nSPS) is 18.3. The van der Waals surface area contributed by atoms with Crippen LogP contribution in [0.5, 0.6) is 0 Å². The second kappa shape index (κ2) is 17.2. The summed E-state index contributed by atoms with van der Waals surface area (Å²) >= 11 is 0. The van der Waals surface area contributed by atoms with Gasteiger partial charge in [-0.2, -0.15) is 0 Å². The van der Waals surface area contributed by atoms with E-state index in [1.54, 1.807) is 22.2 Å². The number of aromatic nitrogens is 4. The molecule has 4 atom stereocenters. The first-order chi connectivity index (χ1) is 26.5. The number of hydrogen-bond acceptors (Lipinski definition) is 9. The summed E-state index contributed by atoms with van der Waals surface area (Å²) in [6.07, 6.45) is 3.89. The molecule has 0 spiro atoms. The van der Waals surface area contributed by atoms with Gasteiger partial charge >= 0.3 is 12.2 Å². The molecule has 0 bridgehead atoms. The molecule has 6 rings (SSSR count). The average Bonchev–Trinajstić information content (AvgIpc) is 4.00. The Balaban J connectivity index is 1.11. The number of alkyl carbamates (subject to hydrolysis) is 2. The zero-order chi connectivity index (χ0) is 39.2. The number of aromatic amines is 2. The van der Waals surface area contributed by atoms with Crippen LogP contribution < -0.4 is 10.6 Å². The molecule has 2 aromatic carbocycles. The first kappa shape index (κ1) is 39.0. The van der Waals surface area contributed by atoms with E-state index in [4.69, 9.17) is 14.2 Å². The molecule has 2 aliphatic rings. The minimum Gasteiger partial charge on any atom is -0.453 e. The van der Waals surface area contributed by atoms with E-state index in [0.29, 0.717) is 31.3 Å². The summed E-state index contributed by atoms with van der Waals surface area (Å²) in [5, 5.41) is 5.36. The van der Waals surface area contributed by atoms with Crippen LogP contribution in [0.2, 0.25) is 0 Å². The van der Waals surface area contributed by atoms with E-state index in [9.17, 15) is 19.2 Å². The maximum absolute atomic E-state index is 13.6. The van der Waals surface area contributed by atoms with E-state index in [1.165, 1.54) is 14.2 Å². The number of amides is 4. The van der Waals surface area contributed by atoms with Gasteiger partial charge in [0.15, 0.2) is 0 Å². The quantitative estimate of drug-likeness (QED) is 0.155. The van der Waals surface area contributed by atoms with Crippen LogP contribution in [-0.2, 0) is 23.8 Å². The smallest absolute Gasteiger partial charge is 0.407 e. The number of likely N-dealkylation sites (tertiary alicyclic amines) is 1. The Bertz CT molecular complexity index is 1960. The minimum atomic E-state index is -0.747. The minimum absolute atomic E-state index is 0.109. The summed E-state index contributed by atoms with van der Waals surface area (Å²) in [5.74, 6) is 0.704. The number of methoxy groups -OCH3 is 2. The second-order valence-electron chi connectivity index (χ2n) is 14.5. The molecular formula is C40H50N8O7. The summed E-state index contributed by atoms with van der Waals surface area (Å²) in [7, 11) is 2.56.